The number of hydrogen-bond acceptors (Lipinski definition) is 3. The molecule has 0 heterocycles. The summed E-state index contributed by atoms with van der Waals surface area (Å²) in [5.41, 5.74) is -1.18. The molecule has 0 fully saturated rings. The molecule has 108 valence electrons. The molecule has 18 heavy (non-hydrogen) atoms. The smallest absolute Gasteiger partial charge is 0.401 e. The summed E-state index contributed by atoms with van der Waals surface area (Å²) < 4.78 is 36.3. The Balaban J connectivity index is 4.31. The van der Waals surface area contributed by atoms with Gasteiger partial charge in [-0.1, -0.05) is 6.92 Å². The molecule has 0 spiro atoms. The standard InChI is InChI=1S/C11H21F3N2O2/c1-4-6-15-10(2,9(17)18)5-7-16(3)8-11(12,13)14/h15H,4-8H2,1-3H3,(H,17,18). The van der Waals surface area contributed by atoms with E-state index in [9.17, 15) is 18.0 Å². The molecule has 0 amide bonds. The van der Waals surface area contributed by atoms with Crippen molar-refractivity contribution in [3.63, 3.8) is 0 Å². The van der Waals surface area contributed by atoms with Crippen LogP contribution in [0.4, 0.5) is 13.2 Å². The zero-order valence-electron chi connectivity index (χ0n) is 11.0. The van der Waals surface area contributed by atoms with Crippen molar-refractivity contribution in [2.24, 2.45) is 0 Å². The molecule has 0 aliphatic heterocycles. The summed E-state index contributed by atoms with van der Waals surface area (Å²) in [7, 11) is 1.33. The maximum Gasteiger partial charge on any atom is 0.401 e. The maximum absolute atomic E-state index is 12.1. The summed E-state index contributed by atoms with van der Waals surface area (Å²) in [5, 5.41) is 12.0. The second-order valence-electron chi connectivity index (χ2n) is 4.67. The van der Waals surface area contributed by atoms with Crippen molar-refractivity contribution in [1.29, 1.82) is 0 Å². The van der Waals surface area contributed by atoms with E-state index in [-0.39, 0.29) is 13.0 Å². The lowest BCUT2D eigenvalue weighted by molar-refractivity contribution is -0.147. The average molecular weight is 270 g/mol. The van der Waals surface area contributed by atoms with Crippen LogP contribution in [-0.4, -0.2) is 54.4 Å². The zero-order chi connectivity index (χ0) is 14.4. The highest BCUT2D eigenvalue weighted by Gasteiger charge is 2.34. The third-order valence-corrected chi connectivity index (χ3v) is 2.68. The molecule has 0 rings (SSSR count). The summed E-state index contributed by atoms with van der Waals surface area (Å²) in [5.74, 6) is -1.05. The number of aliphatic carboxylic acids is 1. The van der Waals surface area contributed by atoms with Crippen molar-refractivity contribution in [3.8, 4) is 0 Å². The number of carboxylic acids is 1. The molecule has 0 radical (unpaired) electrons. The predicted molar refractivity (Wildman–Crippen MR) is 62.5 cm³/mol. The van der Waals surface area contributed by atoms with E-state index in [1.54, 1.807) is 0 Å². The van der Waals surface area contributed by atoms with E-state index in [0.717, 1.165) is 11.3 Å². The first-order valence-electron chi connectivity index (χ1n) is 5.84. The van der Waals surface area contributed by atoms with Gasteiger partial charge in [0.15, 0.2) is 0 Å². The summed E-state index contributed by atoms with van der Waals surface area (Å²) in [6.07, 6.45) is -3.37. The molecule has 4 nitrogen and oxygen atoms in total. The highest BCUT2D eigenvalue weighted by molar-refractivity contribution is 5.78. The van der Waals surface area contributed by atoms with Gasteiger partial charge in [-0.25, -0.2) is 0 Å². The Morgan fingerprint density at radius 2 is 1.94 bits per heavy atom. The van der Waals surface area contributed by atoms with Crippen molar-refractivity contribution in [3.05, 3.63) is 0 Å². The Labute approximate surface area is 105 Å². The normalized spacial score (nSPS) is 15.7. The lowest BCUT2D eigenvalue weighted by atomic mass is 9.97. The second-order valence-corrected chi connectivity index (χ2v) is 4.67. The van der Waals surface area contributed by atoms with Gasteiger partial charge in [0.2, 0.25) is 0 Å². The van der Waals surface area contributed by atoms with Crippen LogP contribution in [0.25, 0.3) is 0 Å². The van der Waals surface area contributed by atoms with Gasteiger partial charge in [0, 0.05) is 6.54 Å². The Kier molecular flexibility index (Phi) is 6.62. The minimum Gasteiger partial charge on any atom is -0.480 e. The topological polar surface area (TPSA) is 52.6 Å². The van der Waals surface area contributed by atoms with Gasteiger partial charge in [-0.15, -0.1) is 0 Å². The van der Waals surface area contributed by atoms with Crippen LogP contribution >= 0.6 is 0 Å². The van der Waals surface area contributed by atoms with Crippen molar-refractivity contribution < 1.29 is 23.1 Å². The quantitative estimate of drug-likeness (QED) is 0.705. The van der Waals surface area contributed by atoms with Crippen LogP contribution in [0.1, 0.15) is 26.7 Å². The molecular formula is C11H21F3N2O2. The van der Waals surface area contributed by atoms with E-state index in [2.05, 4.69) is 5.32 Å². The zero-order valence-corrected chi connectivity index (χ0v) is 11.0. The lowest BCUT2D eigenvalue weighted by Crippen LogP contribution is -2.51. The first-order chi connectivity index (χ1) is 8.10. The Morgan fingerprint density at radius 3 is 2.33 bits per heavy atom. The van der Waals surface area contributed by atoms with Crippen molar-refractivity contribution in [2.45, 2.75) is 38.4 Å². The molecule has 1 atom stereocenters. The molecule has 0 saturated carbocycles. The van der Waals surface area contributed by atoms with Crippen LogP contribution in [0.15, 0.2) is 0 Å². The molecule has 0 saturated heterocycles. The van der Waals surface area contributed by atoms with Gasteiger partial charge in [-0.2, -0.15) is 13.2 Å². The largest absolute Gasteiger partial charge is 0.480 e. The maximum atomic E-state index is 12.1. The summed E-state index contributed by atoms with van der Waals surface area (Å²) >= 11 is 0. The molecule has 2 N–H and O–H groups in total. The van der Waals surface area contributed by atoms with E-state index >= 15 is 0 Å². The predicted octanol–water partition coefficient (Wildman–Crippen LogP) is 1.71. The van der Waals surface area contributed by atoms with E-state index in [1.165, 1.54) is 14.0 Å². The fourth-order valence-electron chi connectivity index (χ4n) is 1.47. The van der Waals surface area contributed by atoms with E-state index in [4.69, 9.17) is 5.11 Å². The molecule has 1 unspecified atom stereocenters. The number of carboxylic acid groups (broad SMARTS) is 1. The second kappa shape index (κ2) is 6.94. The van der Waals surface area contributed by atoms with Gasteiger partial charge in [-0.3, -0.25) is 9.69 Å². The molecule has 0 aromatic carbocycles. The van der Waals surface area contributed by atoms with E-state index < -0.39 is 24.2 Å². The van der Waals surface area contributed by atoms with Crippen LogP contribution in [-0.2, 0) is 4.79 Å². The first kappa shape index (κ1) is 17.2. The summed E-state index contributed by atoms with van der Waals surface area (Å²) in [4.78, 5) is 12.2. The molecule has 0 aliphatic carbocycles. The number of nitrogens with zero attached hydrogens (tertiary/aromatic N) is 1. The summed E-state index contributed by atoms with van der Waals surface area (Å²) in [6.45, 7) is 2.94. The van der Waals surface area contributed by atoms with Crippen molar-refractivity contribution >= 4 is 5.97 Å². The van der Waals surface area contributed by atoms with Gasteiger partial charge in [0.1, 0.15) is 5.54 Å². The van der Waals surface area contributed by atoms with Crippen molar-refractivity contribution in [2.75, 3.05) is 26.7 Å². The Hall–Kier alpha value is -0.820. The molecule has 7 heteroatoms. The number of rotatable bonds is 8. The fraction of sp³-hybridized carbons (Fsp3) is 0.909. The average Bonchev–Trinajstić information content (AvgIpc) is 2.21. The Morgan fingerprint density at radius 1 is 1.39 bits per heavy atom. The summed E-state index contributed by atoms with van der Waals surface area (Å²) in [6, 6.07) is 0. The van der Waals surface area contributed by atoms with Crippen LogP contribution in [0.3, 0.4) is 0 Å². The number of carbonyl (C=O) groups is 1. The van der Waals surface area contributed by atoms with Crippen LogP contribution in [0.5, 0.6) is 0 Å². The monoisotopic (exact) mass is 270 g/mol. The molecular weight excluding hydrogens is 249 g/mol. The van der Waals surface area contributed by atoms with Crippen LogP contribution < -0.4 is 5.32 Å². The number of nitrogens with one attached hydrogen (secondary N) is 1. The third kappa shape index (κ3) is 6.80. The number of halogens is 3. The number of hydrogen-bond donors (Lipinski definition) is 2. The van der Waals surface area contributed by atoms with Gasteiger partial charge in [-0.05, 0) is 33.4 Å². The van der Waals surface area contributed by atoms with Gasteiger partial charge < -0.3 is 10.4 Å². The minimum atomic E-state index is -4.26. The van der Waals surface area contributed by atoms with E-state index in [1.807, 2.05) is 6.92 Å². The van der Waals surface area contributed by atoms with Gasteiger partial charge in [0.05, 0.1) is 6.54 Å². The van der Waals surface area contributed by atoms with E-state index in [0.29, 0.717) is 6.54 Å². The highest BCUT2D eigenvalue weighted by atomic mass is 19.4. The van der Waals surface area contributed by atoms with Gasteiger partial charge >= 0.3 is 12.1 Å². The lowest BCUT2D eigenvalue weighted by Gasteiger charge is -2.29. The van der Waals surface area contributed by atoms with Crippen LogP contribution in [0, 0.1) is 0 Å². The highest BCUT2D eigenvalue weighted by Crippen LogP contribution is 2.17. The minimum absolute atomic E-state index is 0.0685. The third-order valence-electron chi connectivity index (χ3n) is 2.68. The van der Waals surface area contributed by atoms with Gasteiger partial charge in [0.25, 0.3) is 0 Å². The molecule has 0 aromatic rings. The Bertz CT molecular complexity index is 272. The van der Waals surface area contributed by atoms with Crippen LogP contribution in [0.2, 0.25) is 0 Å². The molecule has 0 aliphatic rings. The SMILES string of the molecule is CCCNC(C)(CCN(C)CC(F)(F)F)C(=O)O. The number of alkyl halides is 3. The first-order valence-corrected chi connectivity index (χ1v) is 5.84. The molecule has 0 aromatic heterocycles. The fourth-order valence-corrected chi connectivity index (χ4v) is 1.47. The van der Waals surface area contributed by atoms with Crippen molar-refractivity contribution in [1.82, 2.24) is 10.2 Å². The molecule has 0 bridgehead atoms.